The molecule has 0 saturated heterocycles. The lowest BCUT2D eigenvalue weighted by Crippen LogP contribution is -2.30. The van der Waals surface area contributed by atoms with Crippen LogP contribution in [0.4, 0.5) is 0 Å². The Morgan fingerprint density at radius 3 is 2.44 bits per heavy atom. The van der Waals surface area contributed by atoms with Gasteiger partial charge in [-0.05, 0) is 18.6 Å². The molecule has 1 aromatic rings. The summed E-state index contributed by atoms with van der Waals surface area (Å²) >= 11 is 0. The molecular formula is C12H18N2O3S. The number of aryl methyl sites for hydroxylation is 1. The van der Waals surface area contributed by atoms with E-state index in [1.54, 1.807) is 45.3 Å². The molecule has 1 amide bonds. The summed E-state index contributed by atoms with van der Waals surface area (Å²) in [6.45, 7) is 1.84. The molecule has 0 heterocycles. The smallest absolute Gasteiger partial charge is 0.240 e. The molecule has 0 aromatic heterocycles. The molecule has 0 aliphatic heterocycles. The summed E-state index contributed by atoms with van der Waals surface area (Å²) in [6, 6.07) is 6.74. The Balaban J connectivity index is 2.67. The Kier molecular flexibility index (Phi) is 4.86. The molecule has 1 aromatic carbocycles. The lowest BCUT2D eigenvalue weighted by Gasteiger charge is -2.11. The fourth-order valence-corrected chi connectivity index (χ4v) is 2.73. The summed E-state index contributed by atoms with van der Waals surface area (Å²) in [5.74, 6) is -0.109. The van der Waals surface area contributed by atoms with E-state index in [2.05, 4.69) is 4.72 Å². The summed E-state index contributed by atoms with van der Waals surface area (Å²) in [5, 5.41) is 0. The average Bonchev–Trinajstić information content (AvgIpc) is 2.28. The molecule has 1 N–H and O–H groups in total. The third kappa shape index (κ3) is 3.82. The van der Waals surface area contributed by atoms with Crippen LogP contribution in [0.25, 0.3) is 0 Å². The summed E-state index contributed by atoms with van der Waals surface area (Å²) in [6.07, 6.45) is 0.151. The minimum absolute atomic E-state index is 0.105. The number of sulfonamides is 1. The monoisotopic (exact) mass is 270 g/mol. The van der Waals surface area contributed by atoms with Crippen LogP contribution in [-0.4, -0.2) is 39.9 Å². The van der Waals surface area contributed by atoms with Crippen molar-refractivity contribution in [3.8, 4) is 0 Å². The van der Waals surface area contributed by atoms with Gasteiger partial charge in [0.05, 0.1) is 4.90 Å². The van der Waals surface area contributed by atoms with Gasteiger partial charge in [0.2, 0.25) is 15.9 Å². The molecule has 0 unspecified atom stereocenters. The Bertz CT molecular complexity index is 524. The van der Waals surface area contributed by atoms with Crippen molar-refractivity contribution in [2.24, 2.45) is 0 Å². The van der Waals surface area contributed by atoms with E-state index in [1.807, 2.05) is 0 Å². The molecule has 0 aliphatic carbocycles. The molecule has 0 spiro atoms. The van der Waals surface area contributed by atoms with Crippen LogP contribution in [0.3, 0.4) is 0 Å². The maximum Gasteiger partial charge on any atom is 0.240 e. The highest BCUT2D eigenvalue weighted by Gasteiger charge is 2.16. The molecular weight excluding hydrogens is 252 g/mol. The zero-order valence-electron chi connectivity index (χ0n) is 10.8. The van der Waals surface area contributed by atoms with Gasteiger partial charge in [-0.2, -0.15) is 0 Å². The SMILES string of the molecule is Cc1ccccc1S(=O)(=O)NCCC(=O)N(C)C. The van der Waals surface area contributed by atoms with Gasteiger partial charge in [-0.25, -0.2) is 13.1 Å². The average molecular weight is 270 g/mol. The van der Waals surface area contributed by atoms with Crippen molar-refractivity contribution in [3.05, 3.63) is 29.8 Å². The molecule has 18 heavy (non-hydrogen) atoms. The van der Waals surface area contributed by atoms with E-state index in [4.69, 9.17) is 0 Å². The fraction of sp³-hybridized carbons (Fsp3) is 0.417. The molecule has 100 valence electrons. The van der Waals surface area contributed by atoms with Crippen molar-refractivity contribution < 1.29 is 13.2 Å². The Morgan fingerprint density at radius 1 is 1.28 bits per heavy atom. The van der Waals surface area contributed by atoms with Gasteiger partial charge in [0.1, 0.15) is 0 Å². The largest absolute Gasteiger partial charge is 0.349 e. The Morgan fingerprint density at radius 2 is 1.89 bits per heavy atom. The number of carbonyl (C=O) groups excluding carboxylic acids is 1. The second-order valence-electron chi connectivity index (χ2n) is 4.20. The third-order valence-corrected chi connectivity index (χ3v) is 4.13. The number of nitrogens with one attached hydrogen (secondary N) is 1. The first-order valence-corrected chi connectivity index (χ1v) is 7.08. The quantitative estimate of drug-likeness (QED) is 0.858. The lowest BCUT2D eigenvalue weighted by molar-refractivity contribution is -0.128. The van der Waals surface area contributed by atoms with Gasteiger partial charge in [0, 0.05) is 27.1 Å². The molecule has 0 bridgehead atoms. The maximum absolute atomic E-state index is 12.0. The van der Waals surface area contributed by atoms with Crippen LogP contribution >= 0.6 is 0 Å². The van der Waals surface area contributed by atoms with Crippen molar-refractivity contribution >= 4 is 15.9 Å². The highest BCUT2D eigenvalue weighted by atomic mass is 32.2. The summed E-state index contributed by atoms with van der Waals surface area (Å²) < 4.78 is 26.4. The molecule has 5 nitrogen and oxygen atoms in total. The number of rotatable bonds is 5. The van der Waals surface area contributed by atoms with Crippen LogP contribution in [0.1, 0.15) is 12.0 Å². The first-order chi connectivity index (χ1) is 8.34. The third-order valence-electron chi connectivity index (χ3n) is 2.51. The highest BCUT2D eigenvalue weighted by molar-refractivity contribution is 7.89. The van der Waals surface area contributed by atoms with Crippen LogP contribution in [0.5, 0.6) is 0 Å². The van der Waals surface area contributed by atoms with Gasteiger partial charge >= 0.3 is 0 Å². The van der Waals surface area contributed by atoms with Crippen LogP contribution in [-0.2, 0) is 14.8 Å². The summed E-state index contributed by atoms with van der Waals surface area (Å²) in [7, 11) is -0.259. The normalized spacial score (nSPS) is 11.3. The first-order valence-electron chi connectivity index (χ1n) is 5.60. The van der Waals surface area contributed by atoms with Crippen molar-refractivity contribution in [3.63, 3.8) is 0 Å². The summed E-state index contributed by atoms with van der Waals surface area (Å²) in [5.41, 5.74) is 0.684. The fourth-order valence-electron chi connectivity index (χ4n) is 1.45. The van der Waals surface area contributed by atoms with Crippen molar-refractivity contribution in [1.82, 2.24) is 9.62 Å². The molecule has 0 aliphatic rings. The highest BCUT2D eigenvalue weighted by Crippen LogP contribution is 2.13. The van der Waals surface area contributed by atoms with E-state index in [0.717, 1.165) is 0 Å². The molecule has 0 fully saturated rings. The first kappa shape index (κ1) is 14.7. The summed E-state index contributed by atoms with van der Waals surface area (Å²) in [4.78, 5) is 13.0. The number of nitrogens with zero attached hydrogens (tertiary/aromatic N) is 1. The standard InChI is InChI=1S/C12H18N2O3S/c1-10-6-4-5-7-11(10)18(16,17)13-9-8-12(15)14(2)3/h4-7,13H,8-9H2,1-3H3. The van der Waals surface area contributed by atoms with Crippen molar-refractivity contribution in [2.45, 2.75) is 18.2 Å². The minimum Gasteiger partial charge on any atom is -0.349 e. The van der Waals surface area contributed by atoms with Gasteiger partial charge < -0.3 is 4.90 Å². The number of benzene rings is 1. The van der Waals surface area contributed by atoms with E-state index in [9.17, 15) is 13.2 Å². The van der Waals surface area contributed by atoms with Gasteiger partial charge in [-0.15, -0.1) is 0 Å². The van der Waals surface area contributed by atoms with E-state index in [-0.39, 0.29) is 23.8 Å². The lowest BCUT2D eigenvalue weighted by atomic mass is 10.2. The van der Waals surface area contributed by atoms with E-state index in [1.165, 1.54) is 4.90 Å². The molecule has 6 heteroatoms. The Labute approximate surface area is 108 Å². The van der Waals surface area contributed by atoms with Gasteiger partial charge in [-0.3, -0.25) is 4.79 Å². The molecule has 0 radical (unpaired) electrons. The van der Waals surface area contributed by atoms with Gasteiger partial charge in [0.15, 0.2) is 0 Å². The number of carbonyl (C=O) groups is 1. The van der Waals surface area contributed by atoms with Crippen molar-refractivity contribution in [2.75, 3.05) is 20.6 Å². The van der Waals surface area contributed by atoms with Crippen LogP contribution in [0, 0.1) is 6.92 Å². The number of amides is 1. The van der Waals surface area contributed by atoms with Gasteiger partial charge in [-0.1, -0.05) is 18.2 Å². The predicted octanol–water partition coefficient (Wildman–Crippen LogP) is 0.752. The Hall–Kier alpha value is -1.40. The van der Waals surface area contributed by atoms with E-state index < -0.39 is 10.0 Å². The minimum atomic E-state index is -3.53. The molecule has 1 rings (SSSR count). The van der Waals surface area contributed by atoms with E-state index >= 15 is 0 Å². The zero-order valence-corrected chi connectivity index (χ0v) is 11.6. The van der Waals surface area contributed by atoms with Crippen LogP contribution < -0.4 is 4.72 Å². The predicted molar refractivity (Wildman–Crippen MR) is 69.7 cm³/mol. The second kappa shape index (κ2) is 5.97. The topological polar surface area (TPSA) is 66.5 Å². The zero-order chi connectivity index (χ0) is 13.8. The van der Waals surface area contributed by atoms with Crippen molar-refractivity contribution in [1.29, 1.82) is 0 Å². The number of hydrogen-bond acceptors (Lipinski definition) is 3. The van der Waals surface area contributed by atoms with Gasteiger partial charge in [0.25, 0.3) is 0 Å². The molecule has 0 atom stereocenters. The second-order valence-corrected chi connectivity index (χ2v) is 5.94. The van der Waals surface area contributed by atoms with Crippen LogP contribution in [0.15, 0.2) is 29.2 Å². The molecule has 0 saturated carbocycles. The number of hydrogen-bond donors (Lipinski definition) is 1. The maximum atomic E-state index is 12.0. The van der Waals surface area contributed by atoms with Crippen LogP contribution in [0.2, 0.25) is 0 Å². The van der Waals surface area contributed by atoms with E-state index in [0.29, 0.717) is 5.56 Å².